The minimum Gasteiger partial charge on any atom is -0.350 e. The highest BCUT2D eigenvalue weighted by atomic mass is 32.1. The molecule has 0 unspecified atom stereocenters. The Labute approximate surface area is 132 Å². The van der Waals surface area contributed by atoms with Crippen LogP contribution in [-0.4, -0.2) is 55.4 Å². The van der Waals surface area contributed by atoms with Gasteiger partial charge in [0, 0.05) is 37.6 Å². The first-order chi connectivity index (χ1) is 10.8. The quantitative estimate of drug-likeness (QED) is 0.726. The van der Waals surface area contributed by atoms with E-state index in [1.165, 1.54) is 0 Å². The van der Waals surface area contributed by atoms with E-state index in [2.05, 4.69) is 42.4 Å². The molecule has 0 amide bonds. The number of thiazole rings is 1. The number of rotatable bonds is 3. The number of hydrogen-bond acceptors (Lipinski definition) is 7. The molecule has 3 aromatic rings. The molecule has 0 saturated carbocycles. The van der Waals surface area contributed by atoms with Crippen molar-refractivity contribution in [3.8, 4) is 0 Å². The average Bonchev–Trinajstić information content (AvgIpc) is 3.17. The molecule has 0 spiro atoms. The third-order valence-electron chi connectivity index (χ3n) is 4.02. The predicted molar refractivity (Wildman–Crippen MR) is 85.0 cm³/mol. The second-order valence-corrected chi connectivity index (χ2v) is 6.30. The number of anilines is 1. The molecule has 4 rings (SSSR count). The molecule has 1 saturated heterocycles. The molecule has 7 nitrogen and oxygen atoms in total. The zero-order chi connectivity index (χ0) is 14.9. The van der Waals surface area contributed by atoms with Crippen LogP contribution in [-0.2, 0) is 6.54 Å². The van der Waals surface area contributed by atoms with Gasteiger partial charge in [-0.2, -0.15) is 4.52 Å². The second kappa shape index (κ2) is 5.62. The van der Waals surface area contributed by atoms with Gasteiger partial charge in [0.1, 0.15) is 12.1 Å². The third-order valence-corrected chi connectivity index (χ3v) is 4.66. The van der Waals surface area contributed by atoms with Crippen molar-refractivity contribution in [2.75, 3.05) is 24.5 Å². The normalized spacial score (nSPS) is 19.9. The lowest BCUT2D eigenvalue weighted by Crippen LogP contribution is -2.52. The van der Waals surface area contributed by atoms with Crippen LogP contribution in [0.3, 0.4) is 0 Å². The molecular weight excluding hydrogens is 298 g/mol. The van der Waals surface area contributed by atoms with E-state index in [0.717, 1.165) is 43.3 Å². The van der Waals surface area contributed by atoms with Crippen LogP contribution in [0.15, 0.2) is 29.4 Å². The fourth-order valence-corrected chi connectivity index (χ4v) is 3.48. The molecule has 1 aliphatic rings. The summed E-state index contributed by atoms with van der Waals surface area (Å²) in [5, 5.41) is 14.6. The van der Waals surface area contributed by atoms with Crippen LogP contribution in [0.4, 0.5) is 5.82 Å². The summed E-state index contributed by atoms with van der Waals surface area (Å²) in [6, 6.07) is 4.40. The molecule has 3 aromatic heterocycles. The first kappa shape index (κ1) is 13.6. The van der Waals surface area contributed by atoms with Crippen molar-refractivity contribution in [2.24, 2.45) is 0 Å². The summed E-state index contributed by atoms with van der Waals surface area (Å²) in [5.41, 5.74) is 3.83. The Morgan fingerprint density at radius 3 is 3.09 bits per heavy atom. The van der Waals surface area contributed by atoms with Gasteiger partial charge < -0.3 is 4.90 Å². The fourth-order valence-electron chi connectivity index (χ4n) is 2.93. The van der Waals surface area contributed by atoms with Gasteiger partial charge in [-0.05, 0) is 19.1 Å². The first-order valence-electron chi connectivity index (χ1n) is 7.33. The number of aromatic nitrogens is 5. The molecule has 0 radical (unpaired) electrons. The summed E-state index contributed by atoms with van der Waals surface area (Å²) in [7, 11) is 0. The number of fused-ring (bicyclic) bond motifs is 1. The maximum Gasteiger partial charge on any atom is 0.177 e. The van der Waals surface area contributed by atoms with Gasteiger partial charge in [0.05, 0.1) is 11.2 Å². The number of nitrogens with zero attached hydrogens (tertiary/aromatic N) is 7. The van der Waals surface area contributed by atoms with Crippen molar-refractivity contribution in [3.63, 3.8) is 0 Å². The second-order valence-electron chi connectivity index (χ2n) is 5.58. The van der Waals surface area contributed by atoms with Crippen molar-refractivity contribution in [1.82, 2.24) is 29.7 Å². The molecule has 0 aromatic carbocycles. The summed E-state index contributed by atoms with van der Waals surface area (Å²) in [4.78, 5) is 9.17. The highest BCUT2D eigenvalue weighted by Gasteiger charge is 2.25. The monoisotopic (exact) mass is 315 g/mol. The molecule has 1 aliphatic heterocycles. The largest absolute Gasteiger partial charge is 0.350 e. The van der Waals surface area contributed by atoms with Gasteiger partial charge in [0.2, 0.25) is 0 Å². The molecule has 22 heavy (non-hydrogen) atoms. The van der Waals surface area contributed by atoms with Crippen LogP contribution in [0.2, 0.25) is 0 Å². The number of hydrogen-bond donors (Lipinski definition) is 0. The predicted octanol–water partition coefficient (Wildman–Crippen LogP) is 1.29. The molecule has 1 atom stereocenters. The van der Waals surface area contributed by atoms with Gasteiger partial charge in [-0.25, -0.2) is 4.98 Å². The minimum absolute atomic E-state index is 0.411. The Bertz CT molecular complexity index is 753. The lowest BCUT2D eigenvalue weighted by molar-refractivity contribution is 0.218. The van der Waals surface area contributed by atoms with Crippen molar-refractivity contribution in [2.45, 2.75) is 19.5 Å². The van der Waals surface area contributed by atoms with Crippen LogP contribution in [0.1, 0.15) is 12.6 Å². The van der Waals surface area contributed by atoms with Gasteiger partial charge in [-0.15, -0.1) is 26.6 Å². The lowest BCUT2D eigenvalue weighted by atomic mass is 10.2. The van der Waals surface area contributed by atoms with E-state index in [-0.39, 0.29) is 0 Å². The standard InChI is InChI=1S/C14H17N7S/c1-11-6-19(7-12-8-22-10-15-12)4-5-20(11)14-3-2-13-17-16-9-21(13)18-14/h2-3,8-11H,4-7H2,1H3/t11-/m0/s1. The van der Waals surface area contributed by atoms with Crippen molar-refractivity contribution in [1.29, 1.82) is 0 Å². The Morgan fingerprint density at radius 2 is 2.27 bits per heavy atom. The molecule has 4 heterocycles. The molecule has 8 heteroatoms. The SMILES string of the molecule is C[C@H]1CN(Cc2cscn2)CCN1c1ccc2nncn2n1. The highest BCUT2D eigenvalue weighted by molar-refractivity contribution is 7.07. The molecule has 114 valence electrons. The maximum atomic E-state index is 4.60. The van der Waals surface area contributed by atoms with Crippen molar-refractivity contribution < 1.29 is 0 Å². The van der Waals surface area contributed by atoms with Crippen LogP contribution < -0.4 is 4.90 Å². The molecule has 0 bridgehead atoms. The molecular formula is C14H17N7S. The Hall–Kier alpha value is -2.06. The van der Waals surface area contributed by atoms with Crippen molar-refractivity contribution >= 4 is 22.8 Å². The summed E-state index contributed by atoms with van der Waals surface area (Å²) in [6.45, 7) is 6.17. The Balaban J connectivity index is 1.48. The Kier molecular flexibility index (Phi) is 3.47. The topological polar surface area (TPSA) is 62.5 Å². The smallest absolute Gasteiger partial charge is 0.177 e. The molecule has 1 fully saturated rings. The van der Waals surface area contributed by atoms with E-state index in [1.807, 2.05) is 17.6 Å². The van der Waals surface area contributed by atoms with Gasteiger partial charge in [0.15, 0.2) is 5.65 Å². The van der Waals surface area contributed by atoms with E-state index in [1.54, 1.807) is 22.2 Å². The maximum absolute atomic E-state index is 4.60. The summed E-state index contributed by atoms with van der Waals surface area (Å²) < 4.78 is 1.73. The van der Waals surface area contributed by atoms with E-state index in [4.69, 9.17) is 0 Å². The molecule has 0 aliphatic carbocycles. The first-order valence-corrected chi connectivity index (χ1v) is 8.27. The van der Waals surface area contributed by atoms with Gasteiger partial charge >= 0.3 is 0 Å². The molecule has 0 N–H and O–H groups in total. The fraction of sp³-hybridized carbons (Fsp3) is 0.429. The third kappa shape index (κ3) is 2.55. The zero-order valence-electron chi connectivity index (χ0n) is 12.3. The van der Waals surface area contributed by atoms with E-state index < -0.39 is 0 Å². The van der Waals surface area contributed by atoms with Crippen LogP contribution in [0.25, 0.3) is 5.65 Å². The van der Waals surface area contributed by atoms with Crippen molar-refractivity contribution in [3.05, 3.63) is 35.0 Å². The van der Waals surface area contributed by atoms with Crippen LogP contribution in [0, 0.1) is 0 Å². The van der Waals surface area contributed by atoms with Crippen LogP contribution in [0.5, 0.6) is 0 Å². The zero-order valence-corrected chi connectivity index (χ0v) is 13.1. The summed E-state index contributed by atoms with van der Waals surface area (Å²) in [6.07, 6.45) is 1.64. The Morgan fingerprint density at radius 1 is 1.32 bits per heavy atom. The minimum atomic E-state index is 0.411. The van der Waals surface area contributed by atoms with Gasteiger partial charge in [-0.1, -0.05) is 0 Å². The number of piperazine rings is 1. The highest BCUT2D eigenvalue weighted by Crippen LogP contribution is 2.19. The summed E-state index contributed by atoms with van der Waals surface area (Å²) >= 11 is 1.66. The van der Waals surface area contributed by atoms with Crippen LogP contribution >= 0.6 is 11.3 Å². The van der Waals surface area contributed by atoms with E-state index in [9.17, 15) is 0 Å². The lowest BCUT2D eigenvalue weighted by Gasteiger charge is -2.40. The summed E-state index contributed by atoms with van der Waals surface area (Å²) in [5.74, 6) is 0.980. The van der Waals surface area contributed by atoms with Gasteiger partial charge in [-0.3, -0.25) is 4.90 Å². The van der Waals surface area contributed by atoms with E-state index >= 15 is 0 Å². The van der Waals surface area contributed by atoms with Gasteiger partial charge in [0.25, 0.3) is 0 Å². The average molecular weight is 315 g/mol. The van der Waals surface area contributed by atoms with E-state index in [0.29, 0.717) is 6.04 Å².